The van der Waals surface area contributed by atoms with Gasteiger partial charge in [-0.25, -0.2) is 4.57 Å². The Bertz CT molecular complexity index is 255. The Morgan fingerprint density at radius 2 is 2.00 bits per heavy atom. The van der Waals surface area contributed by atoms with Gasteiger partial charge in [0.15, 0.2) is 6.29 Å². The zero-order valence-corrected chi connectivity index (χ0v) is 7.33. The van der Waals surface area contributed by atoms with Crippen molar-refractivity contribution in [3.05, 3.63) is 0 Å². The predicted octanol–water partition coefficient (Wildman–Crippen LogP) is -1.42. The molecule has 2 aliphatic rings. The van der Waals surface area contributed by atoms with Crippen molar-refractivity contribution in [2.24, 2.45) is 0 Å². The molecule has 0 amide bonds. The highest BCUT2D eigenvalue weighted by Gasteiger charge is 2.50. The van der Waals surface area contributed by atoms with E-state index >= 15 is 0 Å². The van der Waals surface area contributed by atoms with E-state index < -0.39 is 32.4 Å². The lowest BCUT2D eigenvalue weighted by atomic mass is 10.1. The number of aliphatic hydroxyl groups excluding tert-OH is 2. The van der Waals surface area contributed by atoms with Gasteiger partial charge in [-0.15, -0.1) is 0 Å². The van der Waals surface area contributed by atoms with Crippen LogP contribution in [0.4, 0.5) is 0 Å². The first-order valence-corrected chi connectivity index (χ1v) is 5.16. The average molecular weight is 212 g/mol. The maximum atomic E-state index is 10.9. The number of rotatable bonds is 0. The van der Waals surface area contributed by atoms with Gasteiger partial charge in [0.05, 0.1) is 6.61 Å². The van der Waals surface area contributed by atoms with Gasteiger partial charge < -0.3 is 19.8 Å². The second-order valence-corrected chi connectivity index (χ2v) is 4.30. The third-order valence-corrected chi connectivity index (χ3v) is 2.91. The lowest BCUT2D eigenvalue weighted by molar-refractivity contribution is -0.106. The molecule has 0 aromatic carbocycles. The summed E-state index contributed by atoms with van der Waals surface area (Å²) in [6.07, 6.45) is -4.57. The number of ether oxygens (including phenoxy) is 1. The van der Waals surface area contributed by atoms with E-state index in [0.717, 1.165) is 0 Å². The number of hydrogen-bond donors (Lipinski definition) is 3. The number of fused-ring (bicyclic) bond motifs is 2. The highest BCUT2D eigenvalue weighted by atomic mass is 31.2. The second-order valence-electron chi connectivity index (χ2n) is 2.89. The molecule has 0 aromatic heterocycles. The molecule has 0 saturated carbocycles. The number of phosphoric ester groups is 1. The first kappa shape index (κ1) is 9.54. The molecule has 13 heavy (non-hydrogen) atoms. The van der Waals surface area contributed by atoms with Crippen molar-refractivity contribution in [2.45, 2.75) is 24.6 Å². The van der Waals surface area contributed by atoms with E-state index in [2.05, 4.69) is 9.05 Å². The summed E-state index contributed by atoms with van der Waals surface area (Å²) in [7, 11) is -4.13. The zero-order valence-electron chi connectivity index (χ0n) is 6.44. The summed E-state index contributed by atoms with van der Waals surface area (Å²) in [6.45, 7) is -0.275. The van der Waals surface area contributed by atoms with Crippen LogP contribution in [0.5, 0.6) is 0 Å². The first-order chi connectivity index (χ1) is 5.99. The third-order valence-electron chi connectivity index (χ3n) is 1.96. The molecule has 2 unspecified atom stereocenters. The molecule has 2 rings (SSSR count). The highest BCUT2D eigenvalue weighted by molar-refractivity contribution is 7.47. The molecule has 0 radical (unpaired) electrons. The zero-order chi connectivity index (χ0) is 9.64. The molecule has 3 N–H and O–H groups in total. The van der Waals surface area contributed by atoms with Gasteiger partial charge in [0.2, 0.25) is 0 Å². The van der Waals surface area contributed by atoms with E-state index in [-0.39, 0.29) is 6.61 Å². The van der Waals surface area contributed by atoms with Crippen LogP contribution in [0.2, 0.25) is 0 Å². The Kier molecular flexibility index (Phi) is 2.20. The van der Waals surface area contributed by atoms with Gasteiger partial charge >= 0.3 is 7.82 Å². The van der Waals surface area contributed by atoms with Crippen molar-refractivity contribution in [1.82, 2.24) is 0 Å². The van der Waals surface area contributed by atoms with Gasteiger partial charge in [-0.2, -0.15) is 0 Å². The van der Waals surface area contributed by atoms with E-state index in [0.29, 0.717) is 0 Å². The maximum absolute atomic E-state index is 10.9. The van der Waals surface area contributed by atoms with E-state index in [4.69, 9.17) is 9.63 Å². The van der Waals surface area contributed by atoms with Gasteiger partial charge in [0, 0.05) is 0 Å². The standard InChI is InChI=1S/C5H9O7P/c6-3-2-1-10-13(8,9)12-5(11-2)4(3)7/h2-7H,1H2,(H,8,9)/t2-,3-,4-,5?/m1/s1. The maximum Gasteiger partial charge on any atom is 0.474 e. The van der Waals surface area contributed by atoms with Crippen LogP contribution in [-0.2, 0) is 18.3 Å². The minimum Gasteiger partial charge on any atom is -0.387 e. The monoisotopic (exact) mass is 212 g/mol. The third kappa shape index (κ3) is 1.64. The molecule has 2 bridgehead atoms. The fraction of sp³-hybridized carbons (Fsp3) is 1.00. The largest absolute Gasteiger partial charge is 0.474 e. The van der Waals surface area contributed by atoms with Gasteiger partial charge in [-0.05, 0) is 0 Å². The summed E-state index contributed by atoms with van der Waals surface area (Å²) in [5, 5.41) is 18.5. The van der Waals surface area contributed by atoms with Crippen molar-refractivity contribution in [3.63, 3.8) is 0 Å². The fourth-order valence-corrected chi connectivity index (χ4v) is 2.10. The Balaban J connectivity index is 2.19. The summed E-state index contributed by atoms with van der Waals surface area (Å²) < 4.78 is 24.7. The Morgan fingerprint density at radius 1 is 1.31 bits per heavy atom. The number of phosphoric acid groups is 1. The molecule has 5 atom stereocenters. The van der Waals surface area contributed by atoms with Crippen LogP contribution in [-0.4, -0.2) is 46.3 Å². The van der Waals surface area contributed by atoms with E-state index in [9.17, 15) is 14.8 Å². The smallest absolute Gasteiger partial charge is 0.387 e. The molecule has 0 aromatic rings. The summed E-state index contributed by atoms with van der Waals surface area (Å²) in [6, 6.07) is 0. The van der Waals surface area contributed by atoms with Crippen LogP contribution in [0.25, 0.3) is 0 Å². The topological polar surface area (TPSA) is 105 Å². The predicted molar refractivity (Wildman–Crippen MR) is 37.5 cm³/mol. The van der Waals surface area contributed by atoms with Gasteiger partial charge in [0.1, 0.15) is 18.3 Å². The van der Waals surface area contributed by atoms with Crippen molar-refractivity contribution in [3.8, 4) is 0 Å². The quantitative estimate of drug-likeness (QED) is 0.423. The summed E-state index contributed by atoms with van der Waals surface area (Å²) in [4.78, 5) is 8.92. The van der Waals surface area contributed by atoms with Crippen molar-refractivity contribution >= 4 is 7.82 Å². The van der Waals surface area contributed by atoms with Crippen molar-refractivity contribution in [2.75, 3.05) is 6.61 Å². The molecule has 8 heteroatoms. The normalized spacial score (nSPS) is 56.2. The van der Waals surface area contributed by atoms with Crippen LogP contribution in [0.3, 0.4) is 0 Å². The Morgan fingerprint density at radius 3 is 2.69 bits per heavy atom. The molecule has 7 nitrogen and oxygen atoms in total. The summed E-state index contributed by atoms with van der Waals surface area (Å²) in [5.41, 5.74) is 0. The molecule has 2 saturated heterocycles. The van der Waals surface area contributed by atoms with Crippen LogP contribution >= 0.6 is 7.82 Å². The molecule has 2 fully saturated rings. The molecular weight excluding hydrogens is 203 g/mol. The van der Waals surface area contributed by atoms with E-state index in [1.165, 1.54) is 0 Å². The SMILES string of the molecule is O=P1(O)OC[C@H]2OC(O1)[C@H](O)[C@@H]2O. The van der Waals surface area contributed by atoms with Gasteiger partial charge in [-0.1, -0.05) is 0 Å². The molecule has 0 spiro atoms. The minimum absolute atomic E-state index is 0.275. The molecule has 2 heterocycles. The molecule has 2 aliphatic heterocycles. The van der Waals surface area contributed by atoms with E-state index in [1.807, 2.05) is 0 Å². The lowest BCUT2D eigenvalue weighted by Gasteiger charge is -2.19. The summed E-state index contributed by atoms with van der Waals surface area (Å²) >= 11 is 0. The van der Waals surface area contributed by atoms with Crippen molar-refractivity contribution in [1.29, 1.82) is 0 Å². The highest BCUT2D eigenvalue weighted by Crippen LogP contribution is 2.49. The van der Waals surface area contributed by atoms with Crippen molar-refractivity contribution < 1.29 is 33.5 Å². The fourth-order valence-electron chi connectivity index (χ4n) is 1.27. The molecule has 0 aliphatic carbocycles. The Hall–Kier alpha value is -0.0100. The Labute approximate surface area is 73.5 Å². The van der Waals surface area contributed by atoms with Crippen LogP contribution < -0.4 is 0 Å². The average Bonchev–Trinajstić information content (AvgIpc) is 2.22. The lowest BCUT2D eigenvalue weighted by Crippen LogP contribution is -2.36. The molecular formula is C5H9O7P. The van der Waals surface area contributed by atoms with E-state index in [1.54, 1.807) is 0 Å². The van der Waals surface area contributed by atoms with Crippen LogP contribution in [0.1, 0.15) is 0 Å². The van der Waals surface area contributed by atoms with Gasteiger partial charge in [0.25, 0.3) is 0 Å². The van der Waals surface area contributed by atoms with Crippen LogP contribution in [0.15, 0.2) is 0 Å². The van der Waals surface area contributed by atoms with Gasteiger partial charge in [-0.3, -0.25) is 9.05 Å². The second kappa shape index (κ2) is 2.99. The first-order valence-electron chi connectivity index (χ1n) is 3.67. The number of aliphatic hydroxyl groups is 2. The molecule has 76 valence electrons. The summed E-state index contributed by atoms with van der Waals surface area (Å²) in [5.74, 6) is 0. The van der Waals surface area contributed by atoms with Crippen LogP contribution in [0, 0.1) is 0 Å². The minimum atomic E-state index is -4.13. The number of hydrogen-bond acceptors (Lipinski definition) is 6.